The molecule has 2 unspecified atom stereocenters. The SMILES string of the molecule is C=CC(C)C/C(=C\C)c1ccc(N)cc1.C=CC1CC(c2ccc3c(c2)OCO3)=CN1C(=O)c1cc(OC)c(OCCCOc2cc(C)c(C)cc2OC)cc1C.CC=O. The Kier molecular flexibility index (Phi) is 17.5. The van der Waals surface area contributed by atoms with Crippen molar-refractivity contribution < 1.29 is 38.0 Å². The number of hydrogen-bond donors (Lipinski definition) is 1. The van der Waals surface area contributed by atoms with Crippen LogP contribution in [0.1, 0.15) is 78.2 Å². The summed E-state index contributed by atoms with van der Waals surface area (Å²) < 4.78 is 34.1. The van der Waals surface area contributed by atoms with E-state index in [9.17, 15) is 4.79 Å². The van der Waals surface area contributed by atoms with Gasteiger partial charge in [0.1, 0.15) is 6.29 Å². The minimum Gasteiger partial charge on any atom is -0.493 e. The lowest BCUT2D eigenvalue weighted by molar-refractivity contribution is -0.106. The summed E-state index contributed by atoms with van der Waals surface area (Å²) in [5.74, 6) is 4.32. The van der Waals surface area contributed by atoms with E-state index in [4.69, 9.17) is 38.9 Å². The van der Waals surface area contributed by atoms with E-state index in [0.29, 0.717) is 66.3 Å². The number of anilines is 1. The zero-order chi connectivity index (χ0) is 43.8. The van der Waals surface area contributed by atoms with Gasteiger partial charge in [0, 0.05) is 23.9 Å². The predicted octanol–water partition coefficient (Wildman–Crippen LogP) is 10.7. The lowest BCUT2D eigenvalue weighted by Crippen LogP contribution is -2.31. The van der Waals surface area contributed by atoms with Crippen LogP contribution >= 0.6 is 0 Å². The Labute approximate surface area is 355 Å². The van der Waals surface area contributed by atoms with Crippen LogP contribution in [-0.2, 0) is 4.79 Å². The minimum atomic E-state index is -0.171. The standard InChI is InChI=1S/C34H37NO7.C14H19N.C2H4O/c1-7-26-16-25(24-9-10-28-33(17-24)42-20-41-28)19-35(26)34(36)27-18-30(38-6)32(15-23(27)4)40-12-8-11-39-31-14-22(3)21(2)13-29(31)37-5;1-4-11(3)10-12(5-2)13-6-8-14(15)9-7-13;1-2-3/h7,9-10,13-15,17-19,26H,1,8,11-12,16,20H2,2-6H3;4-9,11H,1,10,15H2,2-3H3;2H,1H3/b;12-5+;. The van der Waals surface area contributed by atoms with Gasteiger partial charge in [-0.3, -0.25) is 4.79 Å². The van der Waals surface area contributed by atoms with Gasteiger partial charge >= 0.3 is 0 Å². The number of nitrogens with two attached hydrogens (primary N) is 1. The molecule has 0 bridgehead atoms. The van der Waals surface area contributed by atoms with Crippen LogP contribution < -0.4 is 34.2 Å². The molecular formula is C50H60N2O8. The molecular weight excluding hydrogens is 757 g/mol. The Hall–Kier alpha value is -6.42. The van der Waals surface area contributed by atoms with Crippen LogP contribution in [0.15, 0.2) is 104 Å². The van der Waals surface area contributed by atoms with E-state index in [1.807, 2.05) is 81.6 Å². The molecule has 10 nitrogen and oxygen atoms in total. The van der Waals surface area contributed by atoms with Gasteiger partial charge in [0.15, 0.2) is 34.5 Å². The second-order valence-corrected chi connectivity index (χ2v) is 14.5. The van der Waals surface area contributed by atoms with Crippen molar-refractivity contribution in [2.45, 2.75) is 66.8 Å². The summed E-state index contributed by atoms with van der Waals surface area (Å²) in [6, 6.07) is 21.2. The van der Waals surface area contributed by atoms with Gasteiger partial charge in [-0.2, -0.15) is 0 Å². The highest BCUT2D eigenvalue weighted by atomic mass is 16.7. The number of nitrogens with zero attached hydrogens (tertiary/aromatic N) is 1. The van der Waals surface area contributed by atoms with E-state index in [-0.39, 0.29) is 18.7 Å². The Morgan fingerprint density at radius 3 is 2.02 bits per heavy atom. The number of aryl methyl sites for hydroxylation is 3. The maximum Gasteiger partial charge on any atom is 0.258 e. The molecule has 60 heavy (non-hydrogen) atoms. The van der Waals surface area contributed by atoms with Crippen LogP contribution in [-0.4, -0.2) is 57.4 Å². The molecule has 2 aliphatic rings. The molecule has 0 spiro atoms. The molecule has 0 saturated heterocycles. The number of aldehydes is 1. The molecule has 2 atom stereocenters. The zero-order valence-electron chi connectivity index (χ0n) is 36.3. The molecule has 0 radical (unpaired) electrons. The fourth-order valence-electron chi connectivity index (χ4n) is 6.63. The smallest absolute Gasteiger partial charge is 0.258 e. The Balaban J connectivity index is 0.000000368. The van der Waals surface area contributed by atoms with Gasteiger partial charge < -0.3 is 43.8 Å². The third-order valence-corrected chi connectivity index (χ3v) is 10.2. The fraction of sp³-hybridized carbons (Fsp3) is 0.320. The number of carbonyl (C=O) groups is 2. The van der Waals surface area contributed by atoms with Crippen molar-refractivity contribution >= 4 is 29.0 Å². The number of ether oxygens (including phenoxy) is 6. The molecule has 2 N–H and O–H groups in total. The van der Waals surface area contributed by atoms with Crippen molar-refractivity contribution in [3.8, 4) is 34.5 Å². The van der Waals surface area contributed by atoms with Crippen molar-refractivity contribution in [3.05, 3.63) is 138 Å². The first-order chi connectivity index (χ1) is 28.9. The first-order valence-corrected chi connectivity index (χ1v) is 20.1. The second kappa shape index (κ2) is 22.7. The molecule has 2 heterocycles. The van der Waals surface area contributed by atoms with E-state index in [2.05, 4.69) is 45.2 Å². The average molecular weight is 817 g/mol. The summed E-state index contributed by atoms with van der Waals surface area (Å²) in [7, 11) is 3.21. The number of fused-ring (bicyclic) bond motifs is 1. The third-order valence-electron chi connectivity index (χ3n) is 10.2. The molecule has 4 aromatic rings. The summed E-state index contributed by atoms with van der Waals surface area (Å²) in [5, 5.41) is 0. The van der Waals surface area contributed by atoms with Crippen molar-refractivity contribution in [1.82, 2.24) is 4.90 Å². The van der Waals surface area contributed by atoms with E-state index in [1.165, 1.54) is 18.1 Å². The van der Waals surface area contributed by atoms with Gasteiger partial charge in [-0.25, -0.2) is 0 Å². The van der Waals surface area contributed by atoms with Crippen LogP contribution in [0.25, 0.3) is 11.1 Å². The van der Waals surface area contributed by atoms with Gasteiger partial charge in [0.05, 0.1) is 33.5 Å². The number of methoxy groups -OCH3 is 2. The van der Waals surface area contributed by atoms with Gasteiger partial charge in [0.25, 0.3) is 5.91 Å². The molecule has 6 rings (SSSR count). The van der Waals surface area contributed by atoms with Crippen molar-refractivity contribution in [3.63, 3.8) is 0 Å². The number of allylic oxidation sites excluding steroid dienone is 3. The van der Waals surface area contributed by atoms with E-state index in [0.717, 1.165) is 52.0 Å². The number of rotatable bonds is 15. The average Bonchev–Trinajstić information content (AvgIpc) is 3.92. The maximum absolute atomic E-state index is 13.8. The van der Waals surface area contributed by atoms with Gasteiger partial charge in [-0.1, -0.05) is 43.4 Å². The summed E-state index contributed by atoms with van der Waals surface area (Å²) >= 11 is 0. The fourth-order valence-corrected chi connectivity index (χ4v) is 6.63. The lowest BCUT2D eigenvalue weighted by Gasteiger charge is -2.22. The zero-order valence-corrected chi connectivity index (χ0v) is 36.3. The maximum atomic E-state index is 13.8. The van der Waals surface area contributed by atoms with E-state index < -0.39 is 0 Å². The number of amides is 1. The van der Waals surface area contributed by atoms with Crippen LogP contribution in [0, 0.1) is 26.7 Å². The van der Waals surface area contributed by atoms with Crippen LogP contribution in [0.3, 0.4) is 0 Å². The molecule has 0 aliphatic carbocycles. The Morgan fingerprint density at radius 1 is 0.850 bits per heavy atom. The van der Waals surface area contributed by atoms with Crippen molar-refractivity contribution in [1.29, 1.82) is 0 Å². The third kappa shape index (κ3) is 12.1. The van der Waals surface area contributed by atoms with Crippen LogP contribution in [0.4, 0.5) is 5.69 Å². The molecule has 4 aromatic carbocycles. The number of benzene rings is 4. The van der Waals surface area contributed by atoms with Crippen LogP contribution in [0.2, 0.25) is 0 Å². The molecule has 2 aliphatic heterocycles. The normalized spacial score (nSPS) is 14.3. The molecule has 318 valence electrons. The highest BCUT2D eigenvalue weighted by Gasteiger charge is 2.31. The lowest BCUT2D eigenvalue weighted by atomic mass is 9.95. The highest BCUT2D eigenvalue weighted by molar-refractivity contribution is 5.99. The summed E-state index contributed by atoms with van der Waals surface area (Å²) in [4.78, 5) is 24.3. The first-order valence-electron chi connectivity index (χ1n) is 20.1. The number of hydrogen-bond acceptors (Lipinski definition) is 9. The first kappa shape index (κ1) is 46.3. The van der Waals surface area contributed by atoms with Crippen molar-refractivity contribution in [2.24, 2.45) is 5.92 Å². The number of carbonyl (C=O) groups excluding carboxylic acids is 2. The predicted molar refractivity (Wildman–Crippen MR) is 241 cm³/mol. The van der Waals surface area contributed by atoms with Gasteiger partial charge in [-0.15, -0.1) is 13.2 Å². The molecule has 1 amide bonds. The summed E-state index contributed by atoms with van der Waals surface area (Å²) in [6.45, 7) is 20.6. The van der Waals surface area contributed by atoms with E-state index >= 15 is 0 Å². The molecule has 0 fully saturated rings. The highest BCUT2D eigenvalue weighted by Crippen LogP contribution is 2.39. The Bertz CT molecular complexity index is 2170. The second-order valence-electron chi connectivity index (χ2n) is 14.5. The molecule has 0 aromatic heterocycles. The summed E-state index contributed by atoms with van der Waals surface area (Å²) in [5.41, 5.74) is 14.7. The summed E-state index contributed by atoms with van der Waals surface area (Å²) in [6.07, 6.45) is 10.9. The minimum absolute atomic E-state index is 0.131. The Morgan fingerprint density at radius 2 is 1.43 bits per heavy atom. The number of nitrogen functional groups attached to an aromatic ring is 1. The molecule has 0 saturated carbocycles. The largest absolute Gasteiger partial charge is 0.493 e. The monoisotopic (exact) mass is 816 g/mol. The molecule has 10 heteroatoms. The van der Waals surface area contributed by atoms with Gasteiger partial charge in [-0.05, 0) is 141 Å². The van der Waals surface area contributed by atoms with Crippen LogP contribution in [0.5, 0.6) is 34.5 Å². The quantitative estimate of drug-likeness (QED) is 0.0541. The topological polar surface area (TPSA) is 119 Å². The van der Waals surface area contributed by atoms with E-state index in [1.54, 1.807) is 31.3 Å². The van der Waals surface area contributed by atoms with Crippen molar-refractivity contribution in [2.75, 3.05) is 40.0 Å². The van der Waals surface area contributed by atoms with Gasteiger partial charge in [0.2, 0.25) is 6.79 Å².